The van der Waals surface area contributed by atoms with Crippen LogP contribution in [0, 0.1) is 27.2 Å². The van der Waals surface area contributed by atoms with Gasteiger partial charge in [-0.05, 0) is 13.3 Å². The van der Waals surface area contributed by atoms with E-state index in [4.69, 9.17) is 0 Å². The molecule has 0 fully saturated rings. The molecule has 0 aliphatic carbocycles. The molecular weight excluding hydrogens is 290 g/mol. The second-order valence-corrected chi connectivity index (χ2v) is 4.97. The minimum Gasteiger partial charge on any atom is -0.352 e. The first kappa shape index (κ1) is 17.5. The van der Waals surface area contributed by atoms with Gasteiger partial charge in [-0.25, -0.2) is 0 Å². The molecule has 22 heavy (non-hydrogen) atoms. The lowest BCUT2D eigenvalue weighted by Crippen LogP contribution is -2.25. The van der Waals surface area contributed by atoms with E-state index >= 15 is 0 Å². The predicted octanol–water partition coefficient (Wildman–Crippen LogP) is 3.12. The van der Waals surface area contributed by atoms with Crippen LogP contribution in [-0.2, 0) is 0 Å². The number of carbonyl (C=O) groups is 1. The minimum absolute atomic E-state index is 0.0311. The fourth-order valence-corrected chi connectivity index (χ4v) is 2.06. The van der Waals surface area contributed by atoms with Gasteiger partial charge in [-0.3, -0.25) is 25.0 Å². The summed E-state index contributed by atoms with van der Waals surface area (Å²) in [5.41, 5.74) is -0.795. The van der Waals surface area contributed by atoms with E-state index in [-0.39, 0.29) is 11.1 Å². The molecule has 0 radical (unpaired) electrons. The number of rotatable bonds is 8. The number of unbranched alkanes of at least 4 members (excludes halogenated alkanes) is 3. The summed E-state index contributed by atoms with van der Waals surface area (Å²) in [6.45, 7) is 3.92. The third-order valence-electron chi connectivity index (χ3n) is 3.33. The number of nitrogens with zero attached hydrogens (tertiary/aromatic N) is 2. The Labute approximate surface area is 127 Å². The Morgan fingerprint density at radius 3 is 2.36 bits per heavy atom. The van der Waals surface area contributed by atoms with Gasteiger partial charge in [0, 0.05) is 18.2 Å². The molecule has 120 valence electrons. The molecule has 1 rings (SSSR count). The summed E-state index contributed by atoms with van der Waals surface area (Å²) in [5, 5.41) is 24.4. The number of amides is 1. The van der Waals surface area contributed by atoms with Gasteiger partial charge in [0.1, 0.15) is 0 Å². The van der Waals surface area contributed by atoms with Gasteiger partial charge in [0.2, 0.25) is 0 Å². The second kappa shape index (κ2) is 8.06. The van der Waals surface area contributed by atoms with Crippen LogP contribution in [0.15, 0.2) is 12.1 Å². The number of nitro groups is 2. The maximum atomic E-state index is 12.1. The molecule has 0 saturated heterocycles. The number of hydrogen-bond acceptors (Lipinski definition) is 5. The number of hydrogen-bond donors (Lipinski definition) is 1. The van der Waals surface area contributed by atoms with Crippen LogP contribution in [-0.4, -0.2) is 22.3 Å². The lowest BCUT2D eigenvalue weighted by atomic mass is 10.0. The van der Waals surface area contributed by atoms with Crippen LogP contribution in [0.2, 0.25) is 0 Å². The highest BCUT2D eigenvalue weighted by Gasteiger charge is 2.24. The van der Waals surface area contributed by atoms with Crippen molar-refractivity contribution in [1.29, 1.82) is 0 Å². The first-order valence-electron chi connectivity index (χ1n) is 7.10. The maximum absolute atomic E-state index is 12.1. The summed E-state index contributed by atoms with van der Waals surface area (Å²) < 4.78 is 0. The molecule has 1 aromatic carbocycles. The van der Waals surface area contributed by atoms with Crippen molar-refractivity contribution in [2.24, 2.45) is 0 Å². The highest BCUT2D eigenvalue weighted by atomic mass is 16.6. The average Bonchev–Trinajstić information content (AvgIpc) is 2.46. The standard InChI is InChI=1S/C14H19N3O5/c1-3-4-5-6-7-15-14(18)12-8-11(16(19)20)9-13(10(12)2)17(21)22/h8-9H,3-7H2,1-2H3,(H,15,18). The molecule has 0 spiro atoms. The van der Waals surface area contributed by atoms with E-state index in [9.17, 15) is 25.0 Å². The van der Waals surface area contributed by atoms with E-state index in [2.05, 4.69) is 12.2 Å². The monoisotopic (exact) mass is 309 g/mol. The zero-order valence-electron chi connectivity index (χ0n) is 12.6. The second-order valence-electron chi connectivity index (χ2n) is 4.97. The molecule has 0 unspecified atom stereocenters. The fourth-order valence-electron chi connectivity index (χ4n) is 2.06. The van der Waals surface area contributed by atoms with Crippen LogP contribution in [0.5, 0.6) is 0 Å². The van der Waals surface area contributed by atoms with Crippen molar-refractivity contribution in [3.8, 4) is 0 Å². The zero-order valence-corrected chi connectivity index (χ0v) is 12.6. The van der Waals surface area contributed by atoms with Gasteiger partial charge in [0.05, 0.1) is 21.5 Å². The Kier molecular flexibility index (Phi) is 6.43. The van der Waals surface area contributed by atoms with Crippen molar-refractivity contribution < 1.29 is 14.6 Å². The van der Waals surface area contributed by atoms with Crippen molar-refractivity contribution in [1.82, 2.24) is 5.32 Å². The molecule has 0 atom stereocenters. The van der Waals surface area contributed by atoms with E-state index in [0.29, 0.717) is 6.54 Å². The molecule has 0 aromatic heterocycles. The first-order valence-corrected chi connectivity index (χ1v) is 7.10. The maximum Gasteiger partial charge on any atom is 0.279 e. The normalized spacial score (nSPS) is 10.3. The summed E-state index contributed by atoms with van der Waals surface area (Å²) in [6, 6.07) is 1.94. The Morgan fingerprint density at radius 1 is 1.14 bits per heavy atom. The summed E-state index contributed by atoms with van der Waals surface area (Å²) in [4.78, 5) is 32.4. The Morgan fingerprint density at radius 2 is 1.82 bits per heavy atom. The van der Waals surface area contributed by atoms with E-state index < -0.39 is 27.1 Å². The summed E-state index contributed by atoms with van der Waals surface area (Å²) in [5.74, 6) is -0.527. The number of non-ortho nitro benzene ring substituents is 1. The molecule has 0 bridgehead atoms. The molecule has 1 N–H and O–H groups in total. The van der Waals surface area contributed by atoms with Gasteiger partial charge in [-0.15, -0.1) is 0 Å². The topological polar surface area (TPSA) is 115 Å². The molecule has 8 nitrogen and oxygen atoms in total. The van der Waals surface area contributed by atoms with E-state index in [1.807, 2.05) is 0 Å². The van der Waals surface area contributed by atoms with E-state index in [1.54, 1.807) is 0 Å². The average molecular weight is 309 g/mol. The van der Waals surface area contributed by atoms with Crippen LogP contribution in [0.4, 0.5) is 11.4 Å². The molecule has 1 aromatic rings. The van der Waals surface area contributed by atoms with Crippen LogP contribution < -0.4 is 5.32 Å². The van der Waals surface area contributed by atoms with Crippen molar-refractivity contribution in [2.75, 3.05) is 6.54 Å². The van der Waals surface area contributed by atoms with Gasteiger partial charge < -0.3 is 5.32 Å². The van der Waals surface area contributed by atoms with E-state index in [0.717, 1.165) is 37.8 Å². The predicted molar refractivity (Wildman–Crippen MR) is 81.0 cm³/mol. The molecule has 1 amide bonds. The van der Waals surface area contributed by atoms with Crippen molar-refractivity contribution in [2.45, 2.75) is 39.5 Å². The largest absolute Gasteiger partial charge is 0.352 e. The fraction of sp³-hybridized carbons (Fsp3) is 0.500. The van der Waals surface area contributed by atoms with Crippen molar-refractivity contribution in [3.05, 3.63) is 43.5 Å². The lowest BCUT2D eigenvalue weighted by molar-refractivity contribution is -0.394. The van der Waals surface area contributed by atoms with Crippen molar-refractivity contribution in [3.63, 3.8) is 0 Å². The van der Waals surface area contributed by atoms with Gasteiger partial charge in [0.15, 0.2) is 0 Å². The van der Waals surface area contributed by atoms with Crippen LogP contribution in [0.25, 0.3) is 0 Å². The summed E-state index contributed by atoms with van der Waals surface area (Å²) >= 11 is 0. The summed E-state index contributed by atoms with van der Waals surface area (Å²) in [6.07, 6.45) is 3.92. The summed E-state index contributed by atoms with van der Waals surface area (Å²) in [7, 11) is 0. The number of carbonyl (C=O) groups excluding carboxylic acids is 1. The van der Waals surface area contributed by atoms with Crippen LogP contribution in [0.1, 0.15) is 48.5 Å². The molecule has 0 saturated carbocycles. The van der Waals surface area contributed by atoms with Gasteiger partial charge >= 0.3 is 0 Å². The van der Waals surface area contributed by atoms with Crippen molar-refractivity contribution >= 4 is 17.3 Å². The SMILES string of the molecule is CCCCCCNC(=O)c1cc([N+](=O)[O-])cc([N+](=O)[O-])c1C. The van der Waals surface area contributed by atoms with E-state index in [1.165, 1.54) is 6.92 Å². The zero-order chi connectivity index (χ0) is 16.7. The lowest BCUT2D eigenvalue weighted by Gasteiger charge is -2.08. The minimum atomic E-state index is -0.746. The first-order chi connectivity index (χ1) is 10.4. The van der Waals surface area contributed by atoms with Gasteiger partial charge in [-0.1, -0.05) is 26.2 Å². The smallest absolute Gasteiger partial charge is 0.279 e. The molecule has 0 heterocycles. The molecule has 0 aliphatic rings. The Bertz CT molecular complexity index is 586. The molecular formula is C14H19N3O5. The Hall–Kier alpha value is -2.51. The third kappa shape index (κ3) is 4.51. The number of nitro benzene ring substituents is 2. The third-order valence-corrected chi connectivity index (χ3v) is 3.33. The highest BCUT2D eigenvalue weighted by molar-refractivity contribution is 5.97. The van der Waals surface area contributed by atoms with Crippen LogP contribution >= 0.6 is 0 Å². The van der Waals surface area contributed by atoms with Gasteiger partial charge in [-0.2, -0.15) is 0 Å². The quantitative estimate of drug-likeness (QED) is 0.450. The molecule has 8 heteroatoms. The Balaban J connectivity index is 2.94. The van der Waals surface area contributed by atoms with Crippen LogP contribution in [0.3, 0.4) is 0 Å². The molecule has 0 aliphatic heterocycles. The highest BCUT2D eigenvalue weighted by Crippen LogP contribution is 2.27. The number of nitrogens with one attached hydrogen (secondary N) is 1. The number of benzene rings is 1. The van der Waals surface area contributed by atoms with Gasteiger partial charge in [0.25, 0.3) is 17.3 Å².